The van der Waals surface area contributed by atoms with E-state index in [4.69, 9.17) is 9.97 Å². The molecule has 3 heterocycles. The van der Waals surface area contributed by atoms with Crippen molar-refractivity contribution < 1.29 is 4.79 Å². The minimum Gasteiger partial charge on any atom is -0.354 e. The van der Waals surface area contributed by atoms with Gasteiger partial charge in [0.15, 0.2) is 5.65 Å². The van der Waals surface area contributed by atoms with Crippen LogP contribution in [0, 0.1) is 5.92 Å². The Labute approximate surface area is 190 Å². The van der Waals surface area contributed by atoms with Crippen molar-refractivity contribution in [3.63, 3.8) is 0 Å². The zero-order valence-corrected chi connectivity index (χ0v) is 19.7. The molecular formula is C25H34N6O. The summed E-state index contributed by atoms with van der Waals surface area (Å²) in [4.78, 5) is 26.9. The molecule has 4 rings (SSSR count). The van der Waals surface area contributed by atoms with E-state index in [0.29, 0.717) is 12.3 Å². The maximum Gasteiger partial charge on any atom is 0.222 e. The van der Waals surface area contributed by atoms with Gasteiger partial charge >= 0.3 is 0 Å². The predicted octanol–water partition coefficient (Wildman–Crippen LogP) is 4.41. The molecule has 2 aromatic heterocycles. The van der Waals surface area contributed by atoms with E-state index >= 15 is 0 Å². The highest BCUT2D eigenvalue weighted by atomic mass is 16.2. The molecule has 170 valence electrons. The summed E-state index contributed by atoms with van der Waals surface area (Å²) in [5.74, 6) is 2.68. The molecule has 0 N–H and O–H groups in total. The number of para-hydroxylation sites is 1. The zero-order valence-electron chi connectivity index (χ0n) is 19.7. The number of carbonyl (C=O) groups excluding carboxylic acids is 1. The van der Waals surface area contributed by atoms with Gasteiger partial charge in [0.1, 0.15) is 11.6 Å². The molecule has 0 bridgehead atoms. The van der Waals surface area contributed by atoms with E-state index in [1.165, 1.54) is 0 Å². The van der Waals surface area contributed by atoms with Gasteiger partial charge in [0.05, 0.1) is 17.3 Å². The van der Waals surface area contributed by atoms with Crippen LogP contribution in [0.25, 0.3) is 16.7 Å². The van der Waals surface area contributed by atoms with Crippen LogP contribution in [0.15, 0.2) is 36.5 Å². The Kier molecular flexibility index (Phi) is 6.72. The monoisotopic (exact) mass is 434 g/mol. The molecule has 1 aliphatic rings. The first-order valence-electron chi connectivity index (χ1n) is 11.8. The molecule has 1 aliphatic heterocycles. The zero-order chi connectivity index (χ0) is 22.7. The van der Waals surface area contributed by atoms with Gasteiger partial charge in [-0.25, -0.2) is 14.6 Å². The number of aromatic nitrogens is 4. The number of anilines is 1. The van der Waals surface area contributed by atoms with E-state index in [2.05, 4.69) is 37.7 Å². The van der Waals surface area contributed by atoms with Crippen molar-refractivity contribution >= 4 is 22.8 Å². The van der Waals surface area contributed by atoms with Crippen LogP contribution in [0.5, 0.6) is 0 Å². The fourth-order valence-corrected chi connectivity index (χ4v) is 4.17. The van der Waals surface area contributed by atoms with Gasteiger partial charge < -0.3 is 9.80 Å². The molecule has 3 aromatic rings. The standard InChI is InChI=1S/C25H34N6O/c1-5-19(4)23-27-24(30-13-9-12-29(14-15-30)22(32)16-18(2)3)21-17-26-31(25(21)28-23)20-10-7-6-8-11-20/h6-8,10-11,17-19H,5,9,12-16H2,1-4H3/t19-/m1/s1. The Morgan fingerprint density at radius 2 is 1.81 bits per heavy atom. The van der Waals surface area contributed by atoms with Crippen molar-refractivity contribution in [1.29, 1.82) is 0 Å². The molecule has 1 fully saturated rings. The average molecular weight is 435 g/mol. The van der Waals surface area contributed by atoms with Gasteiger partial charge in [-0.2, -0.15) is 5.10 Å². The molecule has 1 saturated heterocycles. The van der Waals surface area contributed by atoms with Crippen LogP contribution in [-0.4, -0.2) is 56.7 Å². The van der Waals surface area contributed by atoms with Gasteiger partial charge in [-0.05, 0) is 30.9 Å². The average Bonchev–Trinajstić information content (AvgIpc) is 3.06. The smallest absolute Gasteiger partial charge is 0.222 e. The van der Waals surface area contributed by atoms with Gasteiger partial charge in [0.25, 0.3) is 0 Å². The summed E-state index contributed by atoms with van der Waals surface area (Å²) in [6.45, 7) is 11.7. The molecule has 1 atom stereocenters. The number of fused-ring (bicyclic) bond motifs is 1. The van der Waals surface area contributed by atoms with Crippen LogP contribution in [0.4, 0.5) is 5.82 Å². The number of carbonyl (C=O) groups is 1. The predicted molar refractivity (Wildman–Crippen MR) is 128 cm³/mol. The van der Waals surface area contributed by atoms with Crippen LogP contribution < -0.4 is 4.90 Å². The minimum absolute atomic E-state index is 0.256. The highest BCUT2D eigenvalue weighted by molar-refractivity contribution is 5.88. The number of rotatable bonds is 6. The van der Waals surface area contributed by atoms with Crippen molar-refractivity contribution in [3.8, 4) is 5.69 Å². The highest BCUT2D eigenvalue weighted by Crippen LogP contribution is 2.29. The molecule has 32 heavy (non-hydrogen) atoms. The number of hydrogen-bond donors (Lipinski definition) is 0. The molecule has 7 heteroatoms. The van der Waals surface area contributed by atoms with Crippen LogP contribution >= 0.6 is 0 Å². The van der Waals surface area contributed by atoms with Crippen molar-refractivity contribution in [2.75, 3.05) is 31.1 Å². The first kappa shape index (κ1) is 22.2. The van der Waals surface area contributed by atoms with Gasteiger partial charge in [-0.1, -0.05) is 45.9 Å². The summed E-state index contributed by atoms with van der Waals surface area (Å²) in [6, 6.07) is 10.1. The molecule has 0 unspecified atom stereocenters. The highest BCUT2D eigenvalue weighted by Gasteiger charge is 2.24. The molecule has 0 spiro atoms. The summed E-state index contributed by atoms with van der Waals surface area (Å²) in [6.07, 6.45) is 4.40. The second kappa shape index (κ2) is 9.67. The fraction of sp³-hybridized carbons (Fsp3) is 0.520. The Bertz CT molecular complexity index is 1060. The van der Waals surface area contributed by atoms with E-state index in [-0.39, 0.29) is 11.8 Å². The first-order chi connectivity index (χ1) is 15.5. The van der Waals surface area contributed by atoms with E-state index in [1.807, 2.05) is 46.1 Å². The second-order valence-corrected chi connectivity index (χ2v) is 9.16. The maximum absolute atomic E-state index is 12.6. The second-order valence-electron chi connectivity index (χ2n) is 9.16. The number of hydrogen-bond acceptors (Lipinski definition) is 5. The van der Waals surface area contributed by atoms with Crippen molar-refractivity contribution in [2.45, 2.75) is 52.9 Å². The van der Waals surface area contributed by atoms with Gasteiger partial charge in [-0.3, -0.25) is 4.79 Å². The van der Waals surface area contributed by atoms with Crippen LogP contribution in [0.3, 0.4) is 0 Å². The van der Waals surface area contributed by atoms with E-state index in [9.17, 15) is 4.79 Å². The minimum atomic E-state index is 0.256. The quantitative estimate of drug-likeness (QED) is 0.575. The lowest BCUT2D eigenvalue weighted by molar-refractivity contribution is -0.131. The molecule has 1 aromatic carbocycles. The number of benzene rings is 1. The lowest BCUT2D eigenvalue weighted by atomic mass is 10.1. The van der Waals surface area contributed by atoms with E-state index < -0.39 is 0 Å². The Morgan fingerprint density at radius 3 is 2.53 bits per heavy atom. The Hall–Kier alpha value is -2.96. The third-order valence-corrected chi connectivity index (χ3v) is 6.21. The molecule has 7 nitrogen and oxygen atoms in total. The van der Waals surface area contributed by atoms with Crippen molar-refractivity contribution in [1.82, 2.24) is 24.6 Å². The van der Waals surface area contributed by atoms with E-state index in [0.717, 1.165) is 67.4 Å². The molecular weight excluding hydrogens is 400 g/mol. The largest absolute Gasteiger partial charge is 0.354 e. The molecule has 0 saturated carbocycles. The molecule has 0 aliphatic carbocycles. The maximum atomic E-state index is 12.6. The normalized spacial score (nSPS) is 15.9. The molecule has 1 amide bonds. The van der Waals surface area contributed by atoms with Crippen LogP contribution in [0.2, 0.25) is 0 Å². The topological polar surface area (TPSA) is 67.2 Å². The fourth-order valence-electron chi connectivity index (χ4n) is 4.17. The van der Waals surface area contributed by atoms with Crippen molar-refractivity contribution in [3.05, 3.63) is 42.4 Å². The van der Waals surface area contributed by atoms with Crippen LogP contribution in [-0.2, 0) is 4.79 Å². The van der Waals surface area contributed by atoms with E-state index in [1.54, 1.807) is 0 Å². The Balaban J connectivity index is 1.70. The van der Waals surface area contributed by atoms with Gasteiger partial charge in [-0.15, -0.1) is 0 Å². The summed E-state index contributed by atoms with van der Waals surface area (Å²) < 4.78 is 1.91. The van der Waals surface area contributed by atoms with Gasteiger partial charge in [0.2, 0.25) is 5.91 Å². The summed E-state index contributed by atoms with van der Waals surface area (Å²) in [5.41, 5.74) is 1.83. The lowest BCUT2D eigenvalue weighted by Crippen LogP contribution is -2.36. The third kappa shape index (κ3) is 4.61. The number of amides is 1. The molecule has 0 radical (unpaired) electrons. The number of nitrogens with zero attached hydrogens (tertiary/aromatic N) is 6. The first-order valence-corrected chi connectivity index (χ1v) is 11.8. The van der Waals surface area contributed by atoms with Gasteiger partial charge in [0, 0.05) is 38.5 Å². The summed E-state index contributed by atoms with van der Waals surface area (Å²) in [7, 11) is 0. The summed E-state index contributed by atoms with van der Waals surface area (Å²) >= 11 is 0. The SMILES string of the molecule is CC[C@@H](C)c1nc(N2CCCN(C(=O)CC(C)C)CC2)c2cnn(-c3ccccc3)c2n1. The summed E-state index contributed by atoms with van der Waals surface area (Å²) in [5, 5.41) is 5.63. The third-order valence-electron chi connectivity index (χ3n) is 6.21. The lowest BCUT2D eigenvalue weighted by Gasteiger charge is -2.24. The van der Waals surface area contributed by atoms with Crippen LogP contribution in [0.1, 0.15) is 58.7 Å². The Morgan fingerprint density at radius 1 is 1.03 bits per heavy atom. The van der Waals surface area contributed by atoms with Crippen molar-refractivity contribution in [2.24, 2.45) is 5.92 Å².